The number of nitrogens with one attached hydrogen (secondary N) is 1. The summed E-state index contributed by atoms with van der Waals surface area (Å²) in [6.45, 7) is 3.09. The Bertz CT molecular complexity index is 734. The first-order valence-corrected chi connectivity index (χ1v) is 9.67. The lowest BCUT2D eigenvalue weighted by Gasteiger charge is -2.23. The summed E-state index contributed by atoms with van der Waals surface area (Å²) in [5.74, 6) is 1.30. The molecule has 0 aliphatic carbocycles. The van der Waals surface area contributed by atoms with Crippen molar-refractivity contribution in [1.82, 2.24) is 19.3 Å². The van der Waals surface area contributed by atoms with Crippen LogP contribution in [0.25, 0.3) is 0 Å². The average molecular weight is 391 g/mol. The van der Waals surface area contributed by atoms with E-state index in [9.17, 15) is 8.42 Å². The van der Waals surface area contributed by atoms with Gasteiger partial charge in [-0.05, 0) is 35.2 Å². The van der Waals surface area contributed by atoms with E-state index in [1.807, 2.05) is 6.20 Å². The van der Waals surface area contributed by atoms with E-state index in [0.717, 1.165) is 40.3 Å². The molecule has 3 rings (SSSR count). The topological polar surface area (TPSA) is 76.9 Å². The van der Waals surface area contributed by atoms with Gasteiger partial charge in [0.25, 0.3) is 10.0 Å². The number of halogens is 1. The summed E-state index contributed by atoms with van der Waals surface area (Å²) in [4.78, 5) is 8.37. The monoisotopic (exact) mass is 390 g/mol. The van der Waals surface area contributed by atoms with Gasteiger partial charge in [0.1, 0.15) is 5.82 Å². The van der Waals surface area contributed by atoms with Crippen LogP contribution in [0.5, 0.6) is 0 Å². The molecule has 114 valence electrons. The number of thiazole rings is 1. The molecule has 0 spiro atoms. The standard InChI is InChI=1S/C12H15BrN4O2S2/c1-8-11(13)20-12(16-8)21(18,19)15-7-9-2-4-17-5-3-14-10(17)6-9/h3,5,9,15H,2,4,6-7H2,1H3. The molecule has 9 heteroatoms. The van der Waals surface area contributed by atoms with Crippen molar-refractivity contribution in [2.24, 2.45) is 5.92 Å². The van der Waals surface area contributed by atoms with E-state index in [2.05, 4.69) is 35.2 Å². The third kappa shape index (κ3) is 3.20. The lowest BCUT2D eigenvalue weighted by molar-refractivity contribution is 0.379. The smallest absolute Gasteiger partial charge is 0.267 e. The second-order valence-electron chi connectivity index (χ2n) is 5.09. The van der Waals surface area contributed by atoms with Gasteiger partial charge in [0.2, 0.25) is 4.34 Å². The van der Waals surface area contributed by atoms with Crippen LogP contribution in [0.3, 0.4) is 0 Å². The van der Waals surface area contributed by atoms with Crippen LogP contribution in [-0.2, 0) is 23.0 Å². The molecule has 0 aromatic carbocycles. The number of hydrogen-bond acceptors (Lipinski definition) is 5. The molecule has 1 aliphatic rings. The van der Waals surface area contributed by atoms with Crippen LogP contribution in [0.15, 0.2) is 20.5 Å². The fourth-order valence-electron chi connectivity index (χ4n) is 2.35. The molecule has 6 nitrogen and oxygen atoms in total. The van der Waals surface area contributed by atoms with Gasteiger partial charge in [-0.2, -0.15) is 0 Å². The number of hydrogen-bond donors (Lipinski definition) is 1. The second-order valence-corrected chi connectivity index (χ2v) is 9.34. The van der Waals surface area contributed by atoms with Crippen LogP contribution in [0, 0.1) is 12.8 Å². The van der Waals surface area contributed by atoms with Crippen molar-refractivity contribution in [3.8, 4) is 0 Å². The number of imidazole rings is 1. The third-order valence-electron chi connectivity index (χ3n) is 3.56. The lowest BCUT2D eigenvalue weighted by Crippen LogP contribution is -2.33. The number of rotatable bonds is 4. The van der Waals surface area contributed by atoms with Crippen LogP contribution in [0.1, 0.15) is 17.9 Å². The van der Waals surface area contributed by atoms with E-state index in [0.29, 0.717) is 12.2 Å². The van der Waals surface area contributed by atoms with Gasteiger partial charge >= 0.3 is 0 Å². The minimum Gasteiger partial charge on any atom is -0.335 e. The van der Waals surface area contributed by atoms with Gasteiger partial charge in [0, 0.05) is 31.9 Å². The summed E-state index contributed by atoms with van der Waals surface area (Å²) >= 11 is 4.44. The van der Waals surface area contributed by atoms with Crippen molar-refractivity contribution in [2.75, 3.05) is 6.54 Å². The summed E-state index contributed by atoms with van der Waals surface area (Å²) in [5.41, 5.74) is 0.695. The maximum Gasteiger partial charge on any atom is 0.267 e. The predicted octanol–water partition coefficient (Wildman–Crippen LogP) is 1.95. The Kier molecular flexibility index (Phi) is 4.17. The quantitative estimate of drug-likeness (QED) is 0.865. The van der Waals surface area contributed by atoms with E-state index in [-0.39, 0.29) is 10.3 Å². The molecule has 0 fully saturated rings. The van der Waals surface area contributed by atoms with Gasteiger partial charge < -0.3 is 4.57 Å². The second kappa shape index (κ2) is 5.79. The van der Waals surface area contributed by atoms with Gasteiger partial charge in [0.15, 0.2) is 0 Å². The zero-order valence-corrected chi connectivity index (χ0v) is 14.6. The average Bonchev–Trinajstić information content (AvgIpc) is 3.04. The van der Waals surface area contributed by atoms with E-state index in [4.69, 9.17) is 0 Å². The van der Waals surface area contributed by atoms with Crippen LogP contribution < -0.4 is 4.72 Å². The Morgan fingerprint density at radius 1 is 1.57 bits per heavy atom. The van der Waals surface area contributed by atoms with Gasteiger partial charge in [-0.1, -0.05) is 11.3 Å². The minimum absolute atomic E-state index is 0.115. The number of sulfonamides is 1. The van der Waals surface area contributed by atoms with Crippen molar-refractivity contribution < 1.29 is 8.42 Å². The van der Waals surface area contributed by atoms with Crippen molar-refractivity contribution in [1.29, 1.82) is 0 Å². The maximum atomic E-state index is 12.2. The summed E-state index contributed by atoms with van der Waals surface area (Å²) in [5, 5.41) is 0. The molecule has 0 amide bonds. The summed E-state index contributed by atoms with van der Waals surface area (Å²) in [6.07, 6.45) is 5.51. The van der Waals surface area contributed by atoms with Gasteiger partial charge in [-0.15, -0.1) is 0 Å². The molecule has 21 heavy (non-hydrogen) atoms. The number of fused-ring (bicyclic) bond motifs is 1. The van der Waals surface area contributed by atoms with Crippen molar-refractivity contribution in [3.05, 3.63) is 27.7 Å². The Hall–Kier alpha value is -0.770. The van der Waals surface area contributed by atoms with E-state index in [1.54, 1.807) is 13.1 Å². The molecule has 2 aromatic rings. The number of aromatic nitrogens is 3. The van der Waals surface area contributed by atoms with Crippen molar-refractivity contribution in [2.45, 2.75) is 30.6 Å². The number of aryl methyl sites for hydroxylation is 2. The Morgan fingerprint density at radius 3 is 3.10 bits per heavy atom. The zero-order chi connectivity index (χ0) is 15.0. The first-order valence-electron chi connectivity index (χ1n) is 6.58. The molecular weight excluding hydrogens is 376 g/mol. The van der Waals surface area contributed by atoms with E-state index in [1.165, 1.54) is 0 Å². The third-order valence-corrected chi connectivity index (χ3v) is 7.37. The summed E-state index contributed by atoms with van der Waals surface area (Å²) < 4.78 is 30.1. The molecule has 1 atom stereocenters. The predicted molar refractivity (Wildman–Crippen MR) is 83.8 cm³/mol. The van der Waals surface area contributed by atoms with Gasteiger partial charge in [0.05, 0.1) is 9.48 Å². The number of nitrogens with zero attached hydrogens (tertiary/aromatic N) is 3. The molecule has 0 radical (unpaired) electrons. The summed E-state index contributed by atoms with van der Waals surface area (Å²) in [7, 11) is -3.53. The maximum absolute atomic E-state index is 12.2. The van der Waals surface area contributed by atoms with Gasteiger partial charge in [-0.25, -0.2) is 23.1 Å². The first-order chi connectivity index (χ1) is 9.95. The highest BCUT2D eigenvalue weighted by atomic mass is 79.9. The normalized spacial score (nSPS) is 18.7. The molecule has 1 N–H and O–H groups in total. The molecule has 0 saturated heterocycles. The minimum atomic E-state index is -3.53. The SMILES string of the molecule is Cc1nc(S(=O)(=O)NCC2CCn3ccnc3C2)sc1Br. The largest absolute Gasteiger partial charge is 0.335 e. The molecular formula is C12H15BrN4O2S2. The van der Waals surface area contributed by atoms with E-state index < -0.39 is 10.0 Å². The highest BCUT2D eigenvalue weighted by Crippen LogP contribution is 2.27. The Balaban J connectivity index is 1.65. The van der Waals surface area contributed by atoms with Crippen LogP contribution in [0.4, 0.5) is 0 Å². The lowest BCUT2D eigenvalue weighted by atomic mass is 9.98. The Labute approximate surface area is 135 Å². The molecule has 2 aromatic heterocycles. The fraction of sp³-hybridized carbons (Fsp3) is 0.500. The molecule has 1 aliphatic heterocycles. The van der Waals surface area contributed by atoms with Crippen LogP contribution >= 0.6 is 27.3 Å². The summed E-state index contributed by atoms with van der Waals surface area (Å²) in [6, 6.07) is 0. The molecule has 1 unspecified atom stereocenters. The zero-order valence-electron chi connectivity index (χ0n) is 11.4. The van der Waals surface area contributed by atoms with Crippen molar-refractivity contribution >= 4 is 37.3 Å². The van der Waals surface area contributed by atoms with Crippen LogP contribution in [-0.4, -0.2) is 29.5 Å². The first kappa shape index (κ1) is 15.1. The molecule has 0 saturated carbocycles. The van der Waals surface area contributed by atoms with Crippen LogP contribution in [0.2, 0.25) is 0 Å². The Morgan fingerprint density at radius 2 is 2.38 bits per heavy atom. The molecule has 3 heterocycles. The van der Waals surface area contributed by atoms with Gasteiger partial charge in [-0.3, -0.25) is 0 Å². The fourth-order valence-corrected chi connectivity index (χ4v) is 5.45. The van der Waals surface area contributed by atoms with E-state index >= 15 is 0 Å². The van der Waals surface area contributed by atoms with Crippen molar-refractivity contribution in [3.63, 3.8) is 0 Å². The highest BCUT2D eigenvalue weighted by Gasteiger charge is 2.24. The molecule has 0 bridgehead atoms. The highest BCUT2D eigenvalue weighted by molar-refractivity contribution is 9.11.